The average molecular weight is 1660 g/mol. The van der Waals surface area contributed by atoms with Crippen molar-refractivity contribution in [3.8, 4) is 0 Å². The molecule has 0 aliphatic rings. The number of rotatable bonds is 92. The highest BCUT2D eigenvalue weighted by Gasteiger charge is 2.31. The average Bonchev–Trinajstić information content (AvgIpc) is 0.895. The molecule has 0 aliphatic carbocycles. The standard InChI is InChI=1S/C95H186O17P2/c1-9-87(7)73-65-57-48-42-36-30-24-18-12-15-21-27-33-39-45-51-61-69-77-94(99)111-90(81-105-92(97)75-67-59-50-44-38-32-26-20-14-11-17-23-29-35-41-47-55-63-71-85(3)4)83-109-113(101,102)107-79-89(96)80-108-114(103,104)110-84-91(82-106-93(98)76-68-60-54-53-56-64-72-86(5)6)112-95(100)78-70-62-52-46-40-34-28-22-16-13-19-25-31-37-43-49-58-66-74-88(8)10-2/h85-91,96H,9-84H2,1-8H3,(H,101,102)(H,103,104)/t87?,88?,89-,90-,91-/m1/s1. The number of hydrogen-bond donors (Lipinski definition) is 3. The van der Waals surface area contributed by atoms with Gasteiger partial charge in [-0.05, 0) is 49.4 Å². The van der Waals surface area contributed by atoms with Gasteiger partial charge in [-0.1, -0.05) is 453 Å². The molecule has 0 heterocycles. The number of aliphatic hydroxyl groups excluding tert-OH is 1. The summed E-state index contributed by atoms with van der Waals surface area (Å²) >= 11 is 0. The summed E-state index contributed by atoms with van der Waals surface area (Å²) in [5, 5.41) is 10.7. The summed E-state index contributed by atoms with van der Waals surface area (Å²) in [6.45, 7) is 14.4. The number of phosphoric acid groups is 2. The van der Waals surface area contributed by atoms with E-state index in [1.54, 1.807) is 0 Å². The van der Waals surface area contributed by atoms with Crippen molar-refractivity contribution in [3.63, 3.8) is 0 Å². The molecular formula is C95H186O17P2. The van der Waals surface area contributed by atoms with Crippen molar-refractivity contribution in [2.75, 3.05) is 39.6 Å². The third-order valence-electron chi connectivity index (χ3n) is 23.0. The number of carbonyl (C=O) groups is 4. The lowest BCUT2D eigenvalue weighted by molar-refractivity contribution is -0.161. The maximum atomic E-state index is 13.2. The van der Waals surface area contributed by atoms with Crippen molar-refractivity contribution in [2.45, 2.75) is 523 Å². The minimum Gasteiger partial charge on any atom is -0.462 e. The second-order valence-corrected chi connectivity index (χ2v) is 38.5. The molecule has 0 radical (unpaired) electrons. The minimum atomic E-state index is -4.97. The Labute approximate surface area is 702 Å². The van der Waals surface area contributed by atoms with Gasteiger partial charge >= 0.3 is 39.5 Å². The molecule has 114 heavy (non-hydrogen) atoms. The van der Waals surface area contributed by atoms with Crippen LogP contribution >= 0.6 is 15.6 Å². The Morgan fingerprint density at radius 1 is 0.246 bits per heavy atom. The van der Waals surface area contributed by atoms with Crippen LogP contribution in [0.4, 0.5) is 0 Å². The van der Waals surface area contributed by atoms with Crippen LogP contribution in [-0.4, -0.2) is 96.7 Å². The molecule has 0 fully saturated rings. The number of carbonyl (C=O) groups excluding carboxylic acids is 4. The van der Waals surface area contributed by atoms with Crippen LogP contribution in [-0.2, 0) is 65.4 Å². The lowest BCUT2D eigenvalue weighted by Gasteiger charge is -2.21. The lowest BCUT2D eigenvalue weighted by Crippen LogP contribution is -2.30. The highest BCUT2D eigenvalue weighted by Crippen LogP contribution is 2.45. The number of phosphoric ester groups is 2. The topological polar surface area (TPSA) is 237 Å². The maximum absolute atomic E-state index is 13.2. The van der Waals surface area contributed by atoms with Crippen molar-refractivity contribution in [1.29, 1.82) is 0 Å². The summed E-state index contributed by atoms with van der Waals surface area (Å²) in [5.74, 6) is 1.14. The minimum absolute atomic E-state index is 0.107. The van der Waals surface area contributed by atoms with Crippen LogP contribution in [0.5, 0.6) is 0 Å². The van der Waals surface area contributed by atoms with Crippen molar-refractivity contribution in [3.05, 3.63) is 0 Å². The van der Waals surface area contributed by atoms with Gasteiger partial charge in [-0.15, -0.1) is 0 Å². The quantitative estimate of drug-likeness (QED) is 0.0222. The molecule has 17 nitrogen and oxygen atoms in total. The largest absolute Gasteiger partial charge is 0.472 e. The zero-order chi connectivity index (χ0) is 83.7. The fourth-order valence-electron chi connectivity index (χ4n) is 14.8. The molecule has 0 aliphatic heterocycles. The molecule has 0 spiro atoms. The summed E-state index contributed by atoms with van der Waals surface area (Å²) < 4.78 is 69.1. The van der Waals surface area contributed by atoms with Crippen LogP contribution < -0.4 is 0 Å². The van der Waals surface area contributed by atoms with E-state index in [-0.39, 0.29) is 25.7 Å². The summed E-state index contributed by atoms with van der Waals surface area (Å²) in [6.07, 6.45) is 76.7. The second-order valence-electron chi connectivity index (χ2n) is 35.5. The summed E-state index contributed by atoms with van der Waals surface area (Å²) in [6, 6.07) is 0. The first-order valence-electron chi connectivity index (χ1n) is 48.8. The Balaban J connectivity index is 5.18. The van der Waals surface area contributed by atoms with Crippen molar-refractivity contribution in [2.24, 2.45) is 23.7 Å². The Bertz CT molecular complexity index is 2200. The second kappa shape index (κ2) is 83.3. The van der Waals surface area contributed by atoms with Crippen LogP contribution in [0.2, 0.25) is 0 Å². The molecule has 19 heteroatoms. The maximum Gasteiger partial charge on any atom is 0.472 e. The molecule has 0 bridgehead atoms. The highest BCUT2D eigenvalue weighted by atomic mass is 31.2. The van der Waals surface area contributed by atoms with Gasteiger partial charge in [0.1, 0.15) is 19.3 Å². The van der Waals surface area contributed by atoms with Gasteiger partial charge in [0.2, 0.25) is 0 Å². The molecule has 0 aromatic carbocycles. The SMILES string of the molecule is CCC(C)CCCCCCCCCCCCCCCCCCCCC(=O)O[C@H](COC(=O)CCCCCCCCCCCCCCCCCCCCC(C)C)COP(=O)(O)OC[C@@H](O)COP(=O)(O)OC[C@@H](COC(=O)CCCCCCCCC(C)C)OC(=O)CCCCCCCCCCCCCCCCCCCCC(C)CC. The van der Waals surface area contributed by atoms with Gasteiger partial charge in [-0.25, -0.2) is 9.13 Å². The first kappa shape index (κ1) is 112. The zero-order valence-electron chi connectivity index (χ0n) is 75.7. The predicted molar refractivity (Wildman–Crippen MR) is 474 cm³/mol. The van der Waals surface area contributed by atoms with Gasteiger partial charge in [-0.2, -0.15) is 0 Å². The van der Waals surface area contributed by atoms with E-state index in [0.717, 1.165) is 114 Å². The smallest absolute Gasteiger partial charge is 0.462 e. The molecule has 0 saturated carbocycles. The molecule has 3 N–H and O–H groups in total. The van der Waals surface area contributed by atoms with Gasteiger partial charge in [0, 0.05) is 25.7 Å². The highest BCUT2D eigenvalue weighted by molar-refractivity contribution is 7.47. The molecule has 0 rings (SSSR count). The fourth-order valence-corrected chi connectivity index (χ4v) is 16.4. The van der Waals surface area contributed by atoms with E-state index in [2.05, 4.69) is 55.4 Å². The third kappa shape index (κ3) is 85.1. The fraction of sp³-hybridized carbons (Fsp3) is 0.958. The first-order chi connectivity index (χ1) is 55.2. The van der Waals surface area contributed by atoms with E-state index in [9.17, 15) is 43.2 Å². The van der Waals surface area contributed by atoms with Crippen LogP contribution in [0.25, 0.3) is 0 Å². The molecule has 0 aromatic rings. The molecule has 4 unspecified atom stereocenters. The van der Waals surface area contributed by atoms with Gasteiger partial charge in [0.25, 0.3) is 0 Å². The van der Waals surface area contributed by atoms with Gasteiger partial charge in [-0.3, -0.25) is 37.3 Å². The van der Waals surface area contributed by atoms with Crippen LogP contribution in [0, 0.1) is 23.7 Å². The van der Waals surface area contributed by atoms with Gasteiger partial charge in [0.05, 0.1) is 26.4 Å². The van der Waals surface area contributed by atoms with E-state index in [0.29, 0.717) is 31.6 Å². The summed E-state index contributed by atoms with van der Waals surface area (Å²) in [5.41, 5.74) is 0. The number of aliphatic hydroxyl groups is 1. The van der Waals surface area contributed by atoms with Crippen LogP contribution in [0.15, 0.2) is 0 Å². The Morgan fingerprint density at radius 2 is 0.421 bits per heavy atom. The zero-order valence-corrected chi connectivity index (χ0v) is 77.5. The molecule has 0 amide bonds. The molecule has 7 atom stereocenters. The normalized spacial score (nSPS) is 14.3. The van der Waals surface area contributed by atoms with Crippen LogP contribution in [0.1, 0.15) is 505 Å². The molecule has 0 saturated heterocycles. The van der Waals surface area contributed by atoms with E-state index in [1.165, 1.54) is 302 Å². The van der Waals surface area contributed by atoms with E-state index in [1.807, 2.05) is 0 Å². The summed E-state index contributed by atoms with van der Waals surface area (Å²) in [7, 11) is -9.94. The van der Waals surface area contributed by atoms with Crippen molar-refractivity contribution < 1.29 is 80.2 Å². The number of esters is 4. The number of ether oxygens (including phenoxy) is 4. The molecular weight excluding hydrogens is 1470 g/mol. The van der Waals surface area contributed by atoms with Crippen molar-refractivity contribution in [1.82, 2.24) is 0 Å². The Morgan fingerprint density at radius 3 is 0.623 bits per heavy atom. The van der Waals surface area contributed by atoms with E-state index < -0.39 is 97.5 Å². The molecule has 678 valence electrons. The van der Waals surface area contributed by atoms with Gasteiger partial charge < -0.3 is 33.8 Å². The molecule has 0 aromatic heterocycles. The monoisotopic (exact) mass is 1660 g/mol. The number of hydrogen-bond acceptors (Lipinski definition) is 15. The van der Waals surface area contributed by atoms with E-state index >= 15 is 0 Å². The van der Waals surface area contributed by atoms with Crippen LogP contribution in [0.3, 0.4) is 0 Å². The summed E-state index contributed by atoms with van der Waals surface area (Å²) in [4.78, 5) is 73.5. The van der Waals surface area contributed by atoms with E-state index in [4.69, 9.17) is 37.0 Å². The Kier molecular flexibility index (Phi) is 81.9. The number of unbranched alkanes of at least 4 members (excludes halogenated alkanes) is 56. The van der Waals surface area contributed by atoms with Crippen molar-refractivity contribution >= 4 is 39.5 Å². The first-order valence-corrected chi connectivity index (χ1v) is 51.8. The Hall–Kier alpha value is -1.94. The van der Waals surface area contributed by atoms with Gasteiger partial charge in [0.15, 0.2) is 12.2 Å². The lowest BCUT2D eigenvalue weighted by atomic mass is 9.99. The predicted octanol–water partition coefficient (Wildman–Crippen LogP) is 29.5. The third-order valence-corrected chi connectivity index (χ3v) is 24.9.